The molecule has 1 unspecified atom stereocenters. The van der Waals surface area contributed by atoms with E-state index in [0.717, 1.165) is 11.8 Å². The van der Waals surface area contributed by atoms with Gasteiger partial charge < -0.3 is 9.26 Å². The molecular weight excluding hydrogens is 286 g/mol. The van der Waals surface area contributed by atoms with Crippen molar-refractivity contribution in [2.24, 2.45) is 5.92 Å². The molecule has 1 atom stereocenters. The first-order valence-electron chi connectivity index (χ1n) is 5.72. The quantitative estimate of drug-likeness (QED) is 0.573. The van der Waals surface area contributed by atoms with E-state index in [4.69, 9.17) is 9.26 Å². The highest BCUT2D eigenvalue weighted by atomic mass is 79.9. The van der Waals surface area contributed by atoms with Crippen LogP contribution in [0.2, 0.25) is 0 Å². The number of hydrogen-bond acceptors (Lipinski definition) is 4. The molecule has 96 valence electrons. The van der Waals surface area contributed by atoms with Crippen LogP contribution in [0.25, 0.3) is 0 Å². The van der Waals surface area contributed by atoms with Crippen molar-refractivity contribution >= 4 is 21.7 Å². The van der Waals surface area contributed by atoms with Crippen LogP contribution in [0.15, 0.2) is 10.6 Å². The SMILES string of the molecule is CC(=O)C(c1cc(OCCCBr)no1)C(C)C. The van der Waals surface area contributed by atoms with Gasteiger partial charge in [0.05, 0.1) is 12.5 Å². The van der Waals surface area contributed by atoms with E-state index in [1.165, 1.54) is 0 Å². The van der Waals surface area contributed by atoms with Crippen molar-refractivity contribution in [1.29, 1.82) is 0 Å². The third kappa shape index (κ3) is 4.15. The molecule has 0 spiro atoms. The minimum atomic E-state index is -0.240. The summed E-state index contributed by atoms with van der Waals surface area (Å²) in [4.78, 5) is 11.5. The van der Waals surface area contributed by atoms with Gasteiger partial charge in [-0.25, -0.2) is 0 Å². The number of nitrogens with zero attached hydrogens (tertiary/aromatic N) is 1. The van der Waals surface area contributed by atoms with E-state index in [9.17, 15) is 4.79 Å². The zero-order valence-corrected chi connectivity index (χ0v) is 12.0. The van der Waals surface area contributed by atoms with Crippen LogP contribution in [0, 0.1) is 5.92 Å². The summed E-state index contributed by atoms with van der Waals surface area (Å²) in [6.45, 7) is 6.13. The van der Waals surface area contributed by atoms with Gasteiger partial charge in [-0.2, -0.15) is 0 Å². The standard InChI is InChI=1S/C12H18BrNO3/c1-8(2)12(9(3)15)10-7-11(14-17-10)16-6-4-5-13/h7-8,12H,4-6H2,1-3H3. The van der Waals surface area contributed by atoms with E-state index in [1.807, 2.05) is 13.8 Å². The largest absolute Gasteiger partial charge is 0.475 e. The lowest BCUT2D eigenvalue weighted by Crippen LogP contribution is -2.14. The Morgan fingerprint density at radius 1 is 1.59 bits per heavy atom. The second-order valence-corrected chi connectivity index (χ2v) is 5.08. The molecule has 0 amide bonds. The van der Waals surface area contributed by atoms with Gasteiger partial charge in [0.15, 0.2) is 5.76 Å². The van der Waals surface area contributed by atoms with Gasteiger partial charge in [-0.3, -0.25) is 4.79 Å². The van der Waals surface area contributed by atoms with E-state index in [1.54, 1.807) is 13.0 Å². The van der Waals surface area contributed by atoms with Crippen molar-refractivity contribution in [3.8, 4) is 5.88 Å². The molecule has 0 aliphatic heterocycles. The summed E-state index contributed by atoms with van der Waals surface area (Å²) < 4.78 is 10.6. The summed E-state index contributed by atoms with van der Waals surface area (Å²) in [7, 11) is 0. The molecule has 0 aliphatic rings. The first-order chi connectivity index (χ1) is 8.06. The van der Waals surface area contributed by atoms with Gasteiger partial charge in [-0.15, -0.1) is 0 Å². The highest BCUT2D eigenvalue weighted by molar-refractivity contribution is 9.09. The number of ether oxygens (including phenoxy) is 1. The molecular formula is C12H18BrNO3. The lowest BCUT2D eigenvalue weighted by molar-refractivity contribution is -0.119. The van der Waals surface area contributed by atoms with E-state index in [-0.39, 0.29) is 17.6 Å². The number of halogens is 1. The molecule has 0 aromatic carbocycles. The normalized spacial score (nSPS) is 12.8. The second kappa shape index (κ2) is 6.79. The smallest absolute Gasteiger partial charge is 0.254 e. The fraction of sp³-hybridized carbons (Fsp3) is 0.667. The van der Waals surface area contributed by atoms with Crippen LogP contribution in [-0.2, 0) is 4.79 Å². The number of Topliss-reactive ketones (excluding diaryl/α,β-unsaturated/α-hetero) is 1. The first kappa shape index (κ1) is 14.2. The maximum atomic E-state index is 11.5. The third-order valence-corrected chi connectivity index (χ3v) is 3.01. The molecule has 0 bridgehead atoms. The second-order valence-electron chi connectivity index (χ2n) is 4.29. The number of ketones is 1. The third-order valence-electron chi connectivity index (χ3n) is 2.45. The number of rotatable bonds is 7. The van der Waals surface area contributed by atoms with Crippen LogP contribution in [0.5, 0.6) is 5.88 Å². The van der Waals surface area contributed by atoms with Crippen molar-refractivity contribution in [2.75, 3.05) is 11.9 Å². The molecule has 0 saturated carbocycles. The van der Waals surface area contributed by atoms with Gasteiger partial charge >= 0.3 is 0 Å². The summed E-state index contributed by atoms with van der Waals surface area (Å²) in [5.74, 6) is 1.07. The van der Waals surface area contributed by atoms with Gasteiger partial charge in [0.25, 0.3) is 5.88 Å². The monoisotopic (exact) mass is 303 g/mol. The molecule has 0 radical (unpaired) electrons. The van der Waals surface area contributed by atoms with E-state index in [0.29, 0.717) is 18.2 Å². The highest BCUT2D eigenvalue weighted by Gasteiger charge is 2.25. The fourth-order valence-corrected chi connectivity index (χ4v) is 1.95. The van der Waals surface area contributed by atoms with Crippen LogP contribution in [0.1, 0.15) is 38.9 Å². The Bertz CT molecular complexity index is 362. The Balaban J connectivity index is 2.68. The average Bonchev–Trinajstić information content (AvgIpc) is 2.65. The van der Waals surface area contributed by atoms with Gasteiger partial charge in [-0.1, -0.05) is 29.8 Å². The Kier molecular flexibility index (Phi) is 5.68. The average molecular weight is 304 g/mol. The predicted octanol–water partition coefficient (Wildman–Crippen LogP) is 3.17. The predicted molar refractivity (Wildman–Crippen MR) is 68.7 cm³/mol. The summed E-state index contributed by atoms with van der Waals surface area (Å²) in [5.41, 5.74) is 0. The summed E-state index contributed by atoms with van der Waals surface area (Å²) in [6.07, 6.45) is 0.905. The number of carbonyl (C=O) groups excluding carboxylic acids is 1. The Hall–Kier alpha value is -0.840. The topological polar surface area (TPSA) is 52.3 Å². The van der Waals surface area contributed by atoms with Crippen molar-refractivity contribution < 1.29 is 14.1 Å². The fourth-order valence-electron chi connectivity index (χ4n) is 1.72. The molecule has 5 heteroatoms. The van der Waals surface area contributed by atoms with Gasteiger partial charge in [0, 0.05) is 11.4 Å². The molecule has 4 nitrogen and oxygen atoms in total. The maximum Gasteiger partial charge on any atom is 0.254 e. The number of hydrogen-bond donors (Lipinski definition) is 0. The van der Waals surface area contributed by atoms with Crippen molar-refractivity contribution in [2.45, 2.75) is 33.1 Å². The molecule has 1 rings (SSSR count). The van der Waals surface area contributed by atoms with E-state index < -0.39 is 0 Å². The van der Waals surface area contributed by atoms with Crippen LogP contribution < -0.4 is 4.74 Å². The molecule has 17 heavy (non-hydrogen) atoms. The van der Waals surface area contributed by atoms with Crippen LogP contribution in [-0.4, -0.2) is 22.9 Å². The summed E-state index contributed by atoms with van der Waals surface area (Å²) >= 11 is 3.32. The Morgan fingerprint density at radius 2 is 2.29 bits per heavy atom. The number of alkyl halides is 1. The van der Waals surface area contributed by atoms with Gasteiger partial charge in [-0.05, 0) is 24.4 Å². The number of carbonyl (C=O) groups is 1. The molecule has 0 aliphatic carbocycles. The minimum Gasteiger partial charge on any atom is -0.475 e. The maximum absolute atomic E-state index is 11.5. The lowest BCUT2D eigenvalue weighted by atomic mass is 9.90. The van der Waals surface area contributed by atoms with E-state index in [2.05, 4.69) is 21.1 Å². The van der Waals surface area contributed by atoms with Crippen molar-refractivity contribution in [1.82, 2.24) is 5.16 Å². The molecule has 1 aromatic rings. The highest BCUT2D eigenvalue weighted by Crippen LogP contribution is 2.27. The first-order valence-corrected chi connectivity index (χ1v) is 6.84. The van der Waals surface area contributed by atoms with Gasteiger partial charge in [0.1, 0.15) is 5.78 Å². The lowest BCUT2D eigenvalue weighted by Gasteiger charge is -2.13. The summed E-state index contributed by atoms with van der Waals surface area (Å²) in [6, 6.07) is 1.71. The molecule has 0 N–H and O–H groups in total. The molecule has 0 fully saturated rings. The summed E-state index contributed by atoms with van der Waals surface area (Å²) in [5, 5.41) is 4.70. The Labute approximate surface area is 110 Å². The van der Waals surface area contributed by atoms with Crippen LogP contribution >= 0.6 is 15.9 Å². The molecule has 1 heterocycles. The zero-order chi connectivity index (χ0) is 12.8. The van der Waals surface area contributed by atoms with Crippen LogP contribution in [0.3, 0.4) is 0 Å². The minimum absolute atomic E-state index is 0.0863. The molecule has 0 saturated heterocycles. The van der Waals surface area contributed by atoms with E-state index >= 15 is 0 Å². The molecule has 1 aromatic heterocycles. The van der Waals surface area contributed by atoms with Crippen molar-refractivity contribution in [3.05, 3.63) is 11.8 Å². The Morgan fingerprint density at radius 3 is 2.82 bits per heavy atom. The van der Waals surface area contributed by atoms with Crippen LogP contribution in [0.4, 0.5) is 0 Å². The zero-order valence-electron chi connectivity index (χ0n) is 10.4. The van der Waals surface area contributed by atoms with Crippen molar-refractivity contribution in [3.63, 3.8) is 0 Å². The number of aromatic nitrogens is 1. The van der Waals surface area contributed by atoms with Gasteiger partial charge in [0.2, 0.25) is 0 Å².